The molecule has 5 nitrogen and oxygen atoms in total. The van der Waals surface area contributed by atoms with E-state index in [2.05, 4.69) is 4.74 Å². The van der Waals surface area contributed by atoms with Gasteiger partial charge in [-0.1, -0.05) is 0 Å². The minimum absolute atomic E-state index is 0.856. The molecule has 0 aromatic heterocycles. The number of rotatable bonds is 2. The molecule has 0 bridgehead atoms. The Morgan fingerprint density at radius 2 is 1.75 bits per heavy atom. The molecule has 12 heavy (non-hydrogen) atoms. The van der Waals surface area contributed by atoms with Gasteiger partial charge in [-0.2, -0.15) is 15.8 Å². The van der Waals surface area contributed by atoms with Crippen molar-refractivity contribution in [2.45, 2.75) is 0 Å². The van der Waals surface area contributed by atoms with Gasteiger partial charge in [-0.25, -0.2) is 0 Å². The van der Waals surface area contributed by atoms with Gasteiger partial charge in [-0.15, -0.1) is 0 Å². The first kappa shape index (κ1) is 9.94. The van der Waals surface area contributed by atoms with Gasteiger partial charge in [0.05, 0.1) is 25.3 Å². The summed E-state index contributed by atoms with van der Waals surface area (Å²) in [6.07, 6.45) is 0. The summed E-state index contributed by atoms with van der Waals surface area (Å²) in [6.45, 7) is 0. The van der Waals surface area contributed by atoms with Gasteiger partial charge in [0.25, 0.3) is 0 Å². The lowest BCUT2D eigenvalue weighted by atomic mass is 9.97. The number of methoxy groups -OCH3 is 1. The molecule has 0 saturated carbocycles. The third-order valence-corrected chi connectivity index (χ3v) is 1.21. The Morgan fingerprint density at radius 1 is 1.25 bits per heavy atom. The molecule has 0 amide bonds. The molecule has 0 fully saturated rings. The van der Waals surface area contributed by atoms with Crippen molar-refractivity contribution in [3.05, 3.63) is 0 Å². The maximum absolute atomic E-state index is 10.8. The second-order valence-electron chi connectivity index (χ2n) is 1.87. The van der Waals surface area contributed by atoms with Gasteiger partial charge in [0.15, 0.2) is 11.8 Å². The first-order valence-electron chi connectivity index (χ1n) is 2.98. The van der Waals surface area contributed by atoms with Gasteiger partial charge in [0.2, 0.25) is 0 Å². The number of hydrogen-bond donors (Lipinski definition) is 0. The zero-order valence-corrected chi connectivity index (χ0v) is 6.31. The van der Waals surface area contributed by atoms with Crippen LogP contribution in [0.25, 0.3) is 0 Å². The van der Waals surface area contributed by atoms with Crippen molar-refractivity contribution in [1.82, 2.24) is 0 Å². The van der Waals surface area contributed by atoms with Crippen molar-refractivity contribution >= 4 is 5.97 Å². The number of nitriles is 3. The van der Waals surface area contributed by atoms with Crippen LogP contribution >= 0.6 is 0 Å². The fourth-order valence-electron chi connectivity index (χ4n) is 0.568. The number of nitrogens with zero attached hydrogens (tertiary/aromatic N) is 3. The first-order valence-corrected chi connectivity index (χ1v) is 2.98. The Hall–Kier alpha value is -2.06. The third-order valence-electron chi connectivity index (χ3n) is 1.21. The largest absolute Gasteiger partial charge is 0.468 e. The van der Waals surface area contributed by atoms with E-state index < -0.39 is 17.8 Å². The lowest BCUT2D eigenvalue weighted by molar-refractivity contribution is -0.144. The average molecular weight is 163 g/mol. The van der Waals surface area contributed by atoms with Crippen molar-refractivity contribution < 1.29 is 9.53 Å². The van der Waals surface area contributed by atoms with Gasteiger partial charge >= 0.3 is 5.97 Å². The summed E-state index contributed by atoms with van der Waals surface area (Å²) in [6, 6.07) is 4.60. The van der Waals surface area contributed by atoms with E-state index in [1.54, 1.807) is 0 Å². The predicted molar refractivity (Wildman–Crippen MR) is 35.8 cm³/mol. The van der Waals surface area contributed by atoms with Crippen LogP contribution in [0.2, 0.25) is 0 Å². The lowest BCUT2D eigenvalue weighted by Crippen LogP contribution is -2.21. The van der Waals surface area contributed by atoms with Crippen molar-refractivity contribution in [3.8, 4) is 18.2 Å². The fraction of sp³-hybridized carbons (Fsp3) is 0.429. The summed E-state index contributed by atoms with van der Waals surface area (Å²) >= 11 is 0. The van der Waals surface area contributed by atoms with Crippen LogP contribution in [-0.4, -0.2) is 13.1 Å². The van der Waals surface area contributed by atoms with E-state index in [-0.39, 0.29) is 0 Å². The van der Waals surface area contributed by atoms with Crippen LogP contribution in [-0.2, 0) is 9.53 Å². The second kappa shape index (κ2) is 4.71. The Balaban J connectivity index is 4.62. The maximum Gasteiger partial charge on any atom is 0.325 e. The minimum Gasteiger partial charge on any atom is -0.468 e. The van der Waals surface area contributed by atoms with E-state index in [1.807, 2.05) is 0 Å². The zero-order chi connectivity index (χ0) is 9.56. The van der Waals surface area contributed by atoms with Gasteiger partial charge in [0, 0.05) is 0 Å². The molecule has 0 radical (unpaired) electrons. The standard InChI is InChI=1S/C7H5N3O2/c1-12-7(11)6(4-10)5(2-8)3-9/h5-6H,1H3. The Kier molecular flexibility index (Phi) is 3.90. The Bertz CT molecular complexity index is 277. The Morgan fingerprint density at radius 3 is 2.00 bits per heavy atom. The molecule has 5 heteroatoms. The average Bonchev–Trinajstić information content (AvgIpc) is 2.12. The molecule has 60 valence electrons. The molecule has 0 aromatic carbocycles. The number of carbonyl (C=O) groups is 1. The zero-order valence-electron chi connectivity index (χ0n) is 6.31. The van der Waals surface area contributed by atoms with Crippen molar-refractivity contribution in [2.75, 3.05) is 7.11 Å². The molecule has 0 spiro atoms. The van der Waals surface area contributed by atoms with E-state index in [1.165, 1.54) is 18.2 Å². The summed E-state index contributed by atoms with van der Waals surface area (Å²) in [5.41, 5.74) is 0. The topological polar surface area (TPSA) is 97.7 Å². The normalized spacial score (nSPS) is 10.6. The number of carbonyl (C=O) groups excluding carboxylic acids is 1. The molecular formula is C7H5N3O2. The van der Waals surface area contributed by atoms with Crippen LogP contribution in [0, 0.1) is 45.8 Å². The van der Waals surface area contributed by atoms with Crippen molar-refractivity contribution in [3.63, 3.8) is 0 Å². The second-order valence-corrected chi connectivity index (χ2v) is 1.87. The maximum atomic E-state index is 10.8. The van der Waals surface area contributed by atoms with E-state index in [0.717, 1.165) is 7.11 Å². The molecule has 0 saturated heterocycles. The number of hydrogen-bond acceptors (Lipinski definition) is 5. The van der Waals surface area contributed by atoms with Crippen molar-refractivity contribution in [1.29, 1.82) is 15.8 Å². The van der Waals surface area contributed by atoms with Crippen LogP contribution in [0.5, 0.6) is 0 Å². The molecular weight excluding hydrogens is 158 g/mol. The molecule has 0 aliphatic heterocycles. The first-order chi connectivity index (χ1) is 5.71. The van der Waals surface area contributed by atoms with Gasteiger partial charge in [0.1, 0.15) is 0 Å². The lowest BCUT2D eigenvalue weighted by Gasteiger charge is -2.04. The molecule has 0 aromatic rings. The van der Waals surface area contributed by atoms with E-state index in [0.29, 0.717) is 0 Å². The SMILES string of the molecule is COC(=O)C(C#N)C(C#N)C#N. The van der Waals surface area contributed by atoms with Gasteiger partial charge < -0.3 is 4.74 Å². The van der Waals surface area contributed by atoms with Gasteiger partial charge in [-0.05, 0) is 0 Å². The third kappa shape index (κ3) is 1.97. The van der Waals surface area contributed by atoms with Crippen LogP contribution in [0.3, 0.4) is 0 Å². The molecule has 0 aliphatic carbocycles. The van der Waals surface area contributed by atoms with E-state index in [4.69, 9.17) is 15.8 Å². The summed E-state index contributed by atoms with van der Waals surface area (Å²) in [5, 5.41) is 25.1. The highest BCUT2D eigenvalue weighted by Gasteiger charge is 2.29. The molecule has 0 heterocycles. The van der Waals surface area contributed by atoms with Gasteiger partial charge in [-0.3, -0.25) is 4.79 Å². The summed E-state index contributed by atoms with van der Waals surface area (Å²) in [5.74, 6) is -3.43. The fourth-order valence-corrected chi connectivity index (χ4v) is 0.568. The van der Waals surface area contributed by atoms with Crippen LogP contribution in [0.4, 0.5) is 0 Å². The summed E-state index contributed by atoms with van der Waals surface area (Å²) in [7, 11) is 1.10. The highest BCUT2D eigenvalue weighted by Crippen LogP contribution is 2.10. The minimum atomic E-state index is -1.31. The summed E-state index contributed by atoms with van der Waals surface area (Å²) in [4.78, 5) is 10.8. The molecule has 0 rings (SSSR count). The Labute approximate surface area is 69.4 Å². The molecule has 1 unspecified atom stereocenters. The van der Waals surface area contributed by atoms with Crippen molar-refractivity contribution in [2.24, 2.45) is 11.8 Å². The highest BCUT2D eigenvalue weighted by molar-refractivity contribution is 5.76. The quantitative estimate of drug-likeness (QED) is 0.532. The van der Waals surface area contributed by atoms with Crippen LogP contribution in [0.15, 0.2) is 0 Å². The number of esters is 1. The van der Waals surface area contributed by atoms with E-state index in [9.17, 15) is 4.79 Å². The number of ether oxygens (including phenoxy) is 1. The van der Waals surface area contributed by atoms with E-state index >= 15 is 0 Å². The molecule has 1 atom stereocenters. The smallest absolute Gasteiger partial charge is 0.325 e. The van der Waals surface area contributed by atoms with Crippen LogP contribution < -0.4 is 0 Å². The monoisotopic (exact) mass is 163 g/mol. The summed E-state index contributed by atoms with van der Waals surface area (Å²) < 4.78 is 4.22. The highest BCUT2D eigenvalue weighted by atomic mass is 16.5. The molecule has 0 N–H and O–H groups in total. The van der Waals surface area contributed by atoms with Crippen LogP contribution in [0.1, 0.15) is 0 Å². The predicted octanol–water partition coefficient (Wildman–Crippen LogP) is -0.0375. The molecule has 0 aliphatic rings.